The molecule has 1 saturated heterocycles. The van der Waals surface area contributed by atoms with Crippen LogP contribution in [0.2, 0.25) is 0 Å². The predicted octanol–water partition coefficient (Wildman–Crippen LogP) is 0.157. The van der Waals surface area contributed by atoms with E-state index < -0.39 is 35.9 Å². The van der Waals surface area contributed by atoms with Crippen LogP contribution in [0.3, 0.4) is 0 Å². The topological polar surface area (TPSA) is 116 Å². The van der Waals surface area contributed by atoms with E-state index in [-0.39, 0.29) is 11.9 Å². The fraction of sp³-hybridized carbons (Fsp3) is 0.625. The Kier molecular flexibility index (Phi) is 7.39. The van der Waals surface area contributed by atoms with Crippen LogP contribution < -0.4 is 5.73 Å². The first-order chi connectivity index (χ1) is 11.4. The molecule has 7 atom stereocenters. The van der Waals surface area contributed by atoms with E-state index in [0.717, 1.165) is 10.5 Å². The quantitative estimate of drug-likeness (QED) is 0.447. The molecule has 0 spiro atoms. The third-order valence-electron chi connectivity index (χ3n) is 4.19. The lowest BCUT2D eigenvalue weighted by Gasteiger charge is -2.43. The number of thioether (sulfide) groups is 2. The molecular weight excluding hydrogens is 350 g/mol. The lowest BCUT2D eigenvalue weighted by atomic mass is 9.94. The van der Waals surface area contributed by atoms with Gasteiger partial charge in [-0.3, -0.25) is 0 Å². The van der Waals surface area contributed by atoms with Crippen LogP contribution in [0.5, 0.6) is 0 Å². The molecule has 8 heteroatoms. The van der Waals surface area contributed by atoms with E-state index in [0.29, 0.717) is 0 Å². The monoisotopic (exact) mass is 375 g/mol. The van der Waals surface area contributed by atoms with Gasteiger partial charge in [0.05, 0.1) is 6.61 Å². The van der Waals surface area contributed by atoms with Crippen LogP contribution in [0.25, 0.3) is 0 Å². The first-order valence-corrected chi connectivity index (χ1v) is 9.90. The number of rotatable bonds is 6. The van der Waals surface area contributed by atoms with Gasteiger partial charge < -0.3 is 30.9 Å². The summed E-state index contributed by atoms with van der Waals surface area (Å²) >= 11 is 2.80. The molecule has 0 bridgehead atoms. The molecule has 6 nitrogen and oxygen atoms in total. The van der Waals surface area contributed by atoms with Crippen LogP contribution in [0.15, 0.2) is 29.2 Å². The van der Waals surface area contributed by atoms with Gasteiger partial charge in [0.2, 0.25) is 0 Å². The van der Waals surface area contributed by atoms with Crippen molar-refractivity contribution in [1.29, 1.82) is 0 Å². The number of benzene rings is 1. The average molecular weight is 376 g/mol. The summed E-state index contributed by atoms with van der Waals surface area (Å²) in [6, 6.07) is 6.97. The molecule has 24 heavy (non-hydrogen) atoms. The van der Waals surface area contributed by atoms with Gasteiger partial charge in [0.15, 0.2) is 0 Å². The molecule has 1 aliphatic heterocycles. The second-order valence-electron chi connectivity index (χ2n) is 5.88. The number of aliphatic hydroxyl groups excluding tert-OH is 4. The normalized spacial score (nSPS) is 33.2. The Balaban J connectivity index is 2.03. The molecule has 0 saturated carbocycles. The summed E-state index contributed by atoms with van der Waals surface area (Å²) in [6.45, 7) is 1.93. The van der Waals surface area contributed by atoms with Crippen molar-refractivity contribution in [3.8, 4) is 0 Å². The summed E-state index contributed by atoms with van der Waals surface area (Å²) in [7, 11) is 0. The molecule has 1 aliphatic rings. The van der Waals surface area contributed by atoms with Gasteiger partial charge >= 0.3 is 0 Å². The Hall–Kier alpha value is -0.320. The van der Waals surface area contributed by atoms with E-state index in [1.165, 1.54) is 23.5 Å². The van der Waals surface area contributed by atoms with E-state index in [2.05, 4.69) is 0 Å². The average Bonchev–Trinajstić information content (AvgIpc) is 2.60. The molecule has 0 radical (unpaired) electrons. The fourth-order valence-corrected chi connectivity index (χ4v) is 4.33. The van der Waals surface area contributed by atoms with Gasteiger partial charge in [0.1, 0.15) is 29.9 Å². The summed E-state index contributed by atoms with van der Waals surface area (Å²) < 4.78 is 5.72. The SMILES string of the molecule is CS[C@H]1O[C@H]([C@H](N)[C@H](C)Sc2ccc(CO)cc2)[C@H](O)[C@H](O)[C@H]1O. The van der Waals surface area contributed by atoms with Gasteiger partial charge in [0, 0.05) is 16.2 Å². The van der Waals surface area contributed by atoms with Crippen LogP contribution in [-0.2, 0) is 11.3 Å². The standard InChI is InChI=1S/C16H25NO5S2/c1-8(24-10-5-3-9(7-18)4-6-10)11(17)15-13(20)12(19)14(21)16(22-15)23-2/h3-6,8,11-16,18-21H,7,17H2,1-2H3/t8-,11+,12-,13+,14+,15+,16+/m0/s1. The summed E-state index contributed by atoms with van der Waals surface area (Å²) in [5, 5.41) is 39.1. The highest BCUT2D eigenvalue weighted by Gasteiger charge is 2.46. The van der Waals surface area contributed by atoms with Crippen molar-refractivity contribution in [1.82, 2.24) is 0 Å². The summed E-state index contributed by atoms with van der Waals surface area (Å²) in [5.41, 5.74) is 6.47. The lowest BCUT2D eigenvalue weighted by molar-refractivity contribution is -0.202. The Labute approximate surface area is 150 Å². The smallest absolute Gasteiger partial charge is 0.132 e. The molecule has 0 aromatic heterocycles. The highest BCUT2D eigenvalue weighted by atomic mass is 32.2. The number of ether oxygens (including phenoxy) is 1. The van der Waals surface area contributed by atoms with E-state index in [9.17, 15) is 15.3 Å². The van der Waals surface area contributed by atoms with Crippen molar-refractivity contribution in [2.45, 2.75) is 59.6 Å². The zero-order chi connectivity index (χ0) is 17.9. The number of hydrogen-bond donors (Lipinski definition) is 5. The molecule has 1 aromatic rings. The molecule has 0 aliphatic carbocycles. The van der Waals surface area contributed by atoms with Crippen LogP contribution in [-0.4, -0.2) is 67.8 Å². The number of aliphatic hydroxyl groups is 4. The van der Waals surface area contributed by atoms with Crippen LogP contribution in [0, 0.1) is 0 Å². The maximum Gasteiger partial charge on any atom is 0.132 e. The second-order valence-corrected chi connectivity index (χ2v) is 8.27. The molecular formula is C16H25NO5S2. The van der Waals surface area contributed by atoms with Gasteiger partial charge in [-0.2, -0.15) is 0 Å². The van der Waals surface area contributed by atoms with Crippen LogP contribution >= 0.6 is 23.5 Å². The number of nitrogens with two attached hydrogens (primary N) is 1. The molecule has 6 N–H and O–H groups in total. The molecule has 1 heterocycles. The van der Waals surface area contributed by atoms with Gasteiger partial charge in [-0.1, -0.05) is 19.1 Å². The third-order valence-corrected chi connectivity index (χ3v) is 6.27. The Morgan fingerprint density at radius 3 is 2.29 bits per heavy atom. The van der Waals surface area contributed by atoms with Crippen molar-refractivity contribution in [3.63, 3.8) is 0 Å². The number of hydrogen-bond acceptors (Lipinski definition) is 8. The predicted molar refractivity (Wildman–Crippen MR) is 95.9 cm³/mol. The van der Waals surface area contributed by atoms with E-state index in [1.807, 2.05) is 31.2 Å². The maximum atomic E-state index is 10.2. The highest BCUT2D eigenvalue weighted by Crippen LogP contribution is 2.32. The fourth-order valence-electron chi connectivity index (χ4n) is 2.62. The van der Waals surface area contributed by atoms with Gasteiger partial charge in [-0.05, 0) is 24.0 Å². The van der Waals surface area contributed by atoms with Crippen LogP contribution in [0.1, 0.15) is 12.5 Å². The first-order valence-electron chi connectivity index (χ1n) is 7.73. The summed E-state index contributed by atoms with van der Waals surface area (Å²) in [5.74, 6) is 0. The van der Waals surface area contributed by atoms with Gasteiger partial charge in [0.25, 0.3) is 0 Å². The van der Waals surface area contributed by atoms with E-state index in [4.69, 9.17) is 15.6 Å². The van der Waals surface area contributed by atoms with Crippen LogP contribution in [0.4, 0.5) is 0 Å². The van der Waals surface area contributed by atoms with Crippen molar-refractivity contribution in [2.75, 3.05) is 6.26 Å². The maximum absolute atomic E-state index is 10.2. The molecule has 0 amide bonds. The largest absolute Gasteiger partial charge is 0.392 e. The Bertz CT molecular complexity index is 516. The second kappa shape index (κ2) is 8.86. The zero-order valence-electron chi connectivity index (χ0n) is 13.6. The molecule has 0 unspecified atom stereocenters. The molecule has 1 aromatic carbocycles. The van der Waals surface area contributed by atoms with Crippen molar-refractivity contribution < 1.29 is 25.2 Å². The van der Waals surface area contributed by atoms with Gasteiger partial charge in [-0.15, -0.1) is 23.5 Å². The van der Waals surface area contributed by atoms with Crippen molar-refractivity contribution >= 4 is 23.5 Å². The minimum absolute atomic E-state index is 0.00158. The summed E-state index contributed by atoms with van der Waals surface area (Å²) in [6.07, 6.45) is -2.67. The third kappa shape index (κ3) is 4.44. The van der Waals surface area contributed by atoms with Gasteiger partial charge in [-0.25, -0.2) is 0 Å². The highest BCUT2D eigenvalue weighted by molar-refractivity contribution is 8.00. The zero-order valence-corrected chi connectivity index (χ0v) is 15.3. The van der Waals surface area contributed by atoms with Crippen molar-refractivity contribution in [3.05, 3.63) is 29.8 Å². The Morgan fingerprint density at radius 2 is 1.75 bits per heavy atom. The van der Waals surface area contributed by atoms with E-state index >= 15 is 0 Å². The van der Waals surface area contributed by atoms with E-state index in [1.54, 1.807) is 6.26 Å². The lowest BCUT2D eigenvalue weighted by Crippen LogP contribution is -2.62. The summed E-state index contributed by atoms with van der Waals surface area (Å²) in [4.78, 5) is 0.988. The minimum Gasteiger partial charge on any atom is -0.392 e. The molecule has 1 fully saturated rings. The first kappa shape index (κ1) is 20.0. The minimum atomic E-state index is -1.28. The van der Waals surface area contributed by atoms with Crippen molar-refractivity contribution in [2.24, 2.45) is 5.73 Å². The molecule has 2 rings (SSSR count). The Morgan fingerprint density at radius 1 is 1.12 bits per heavy atom. The molecule has 136 valence electrons.